The molecule has 0 aromatic carbocycles. The molecule has 0 aliphatic rings. The molecule has 0 fully saturated rings. The van der Waals surface area contributed by atoms with E-state index >= 15 is 0 Å². The lowest BCUT2D eigenvalue weighted by molar-refractivity contribution is -0.870. The van der Waals surface area contributed by atoms with Gasteiger partial charge < -0.3 is 18.9 Å². The average molecular weight is 1330 g/mol. The number of hydrogen-bond donors (Lipinski definition) is 1. The van der Waals surface area contributed by atoms with Gasteiger partial charge in [0, 0.05) is 12.8 Å². The summed E-state index contributed by atoms with van der Waals surface area (Å²) in [6.45, 7) is 4.29. The highest BCUT2D eigenvalue weighted by atomic mass is 31.2. The zero-order valence-corrected chi connectivity index (χ0v) is 62.6. The Bertz CT molecular complexity index is 2050. The minimum atomic E-state index is -4.41. The maximum absolute atomic E-state index is 12.9. The number of rotatable bonds is 71. The lowest BCUT2D eigenvalue weighted by Crippen LogP contribution is -2.37. The van der Waals surface area contributed by atoms with Crippen LogP contribution < -0.4 is 0 Å². The fraction of sp³-hybridized carbons (Fsp3) is 0.714. The Morgan fingerprint density at radius 3 is 0.915 bits per heavy atom. The zero-order chi connectivity index (χ0) is 68.3. The Labute approximate surface area is 581 Å². The number of carbonyl (C=O) groups excluding carboxylic acids is 2. The summed E-state index contributed by atoms with van der Waals surface area (Å²) < 4.78 is 34.7. The smallest absolute Gasteiger partial charge is 0.462 e. The van der Waals surface area contributed by atoms with Crippen molar-refractivity contribution in [2.24, 2.45) is 0 Å². The van der Waals surface area contributed by atoms with E-state index in [1.165, 1.54) is 199 Å². The van der Waals surface area contributed by atoms with Gasteiger partial charge in [-0.1, -0.05) is 340 Å². The first kappa shape index (κ1) is 90.2. The van der Waals surface area contributed by atoms with E-state index in [1.807, 2.05) is 21.1 Å². The highest BCUT2D eigenvalue weighted by molar-refractivity contribution is 7.47. The van der Waals surface area contributed by atoms with E-state index in [2.05, 4.69) is 148 Å². The Hall–Kier alpha value is -3.85. The molecule has 0 spiro atoms. The van der Waals surface area contributed by atoms with Crippen molar-refractivity contribution in [1.82, 2.24) is 0 Å². The summed E-state index contributed by atoms with van der Waals surface area (Å²) in [5.41, 5.74) is 0. The summed E-state index contributed by atoms with van der Waals surface area (Å²) in [7, 11) is 1.45. The molecule has 0 saturated heterocycles. The number of phosphoric ester groups is 1. The van der Waals surface area contributed by atoms with Crippen LogP contribution in [0.5, 0.6) is 0 Å². The summed E-state index contributed by atoms with van der Waals surface area (Å²) >= 11 is 0. The Balaban J connectivity index is 4.03. The second-order valence-electron chi connectivity index (χ2n) is 27.0. The number of unbranched alkanes of at least 4 members (excludes halogenated alkanes) is 35. The molecule has 0 heterocycles. The molecule has 1 N–H and O–H groups in total. The fourth-order valence-corrected chi connectivity index (χ4v) is 11.5. The largest absolute Gasteiger partial charge is 0.472 e. The van der Waals surface area contributed by atoms with Gasteiger partial charge in [-0.2, -0.15) is 0 Å². The van der Waals surface area contributed by atoms with E-state index in [1.54, 1.807) is 0 Å². The van der Waals surface area contributed by atoms with E-state index < -0.39 is 26.5 Å². The lowest BCUT2D eigenvalue weighted by Gasteiger charge is -2.24. The van der Waals surface area contributed by atoms with Gasteiger partial charge in [-0.05, 0) is 116 Å². The van der Waals surface area contributed by atoms with Gasteiger partial charge in [0.1, 0.15) is 19.8 Å². The number of carbonyl (C=O) groups is 2. The number of quaternary nitrogens is 1. The zero-order valence-electron chi connectivity index (χ0n) is 61.7. The number of ether oxygens (including phenoxy) is 2. The molecular formula is C84H147NO8P+. The monoisotopic (exact) mass is 1330 g/mol. The van der Waals surface area contributed by atoms with Crippen molar-refractivity contribution in [1.29, 1.82) is 0 Å². The second-order valence-corrected chi connectivity index (χ2v) is 28.5. The number of esters is 2. The number of hydrogen-bond acceptors (Lipinski definition) is 7. The van der Waals surface area contributed by atoms with Crippen LogP contribution in [0.4, 0.5) is 0 Å². The molecule has 0 rings (SSSR count). The van der Waals surface area contributed by atoms with Gasteiger partial charge in [0.15, 0.2) is 6.10 Å². The summed E-state index contributed by atoms with van der Waals surface area (Å²) in [5, 5.41) is 0. The lowest BCUT2D eigenvalue weighted by atomic mass is 10.0. The summed E-state index contributed by atoms with van der Waals surface area (Å²) in [6.07, 6.45) is 107. The maximum atomic E-state index is 12.9. The van der Waals surface area contributed by atoms with Gasteiger partial charge in [0.05, 0.1) is 27.7 Å². The van der Waals surface area contributed by atoms with E-state index in [0.717, 1.165) is 103 Å². The van der Waals surface area contributed by atoms with Crippen LogP contribution in [0.2, 0.25) is 0 Å². The van der Waals surface area contributed by atoms with Crippen LogP contribution in [0.3, 0.4) is 0 Å². The van der Waals surface area contributed by atoms with E-state index in [-0.39, 0.29) is 32.0 Å². The normalized spacial score (nSPS) is 13.8. The standard InChI is InChI=1S/C84H146NO8P/c1-6-8-10-12-14-16-18-20-22-24-26-28-30-32-34-36-38-39-40-41-42-43-44-45-47-48-50-52-54-56-58-60-62-64-66-68-70-72-74-76-83(86)90-80-82(81-92-94(88,89)91-79-78-85(3,4)5)93-84(87)77-75-73-71-69-67-65-63-61-59-57-55-53-51-49-46-37-35-33-31-29-27-25-23-21-19-17-15-13-11-9-7-2/h9,11,15,17-18,20-21,23-24,26-27,29,33,35,46,49,53,55,59,61,65,67,82H,6-8,10,12-14,16,19,22,25,28,30-32,34,36-45,47-48,50-52,54,56-58,60,62-64,66,68-81H2,1-5H3/p+1/b11-9-,17-15-,20-18-,23-21-,26-24-,29-27-,35-33-,49-46-,55-53-,61-59-,67-65-. The molecule has 0 aromatic heterocycles. The number of likely N-dealkylation sites (N-methyl/N-ethyl adjacent to an activating group) is 1. The minimum Gasteiger partial charge on any atom is -0.462 e. The van der Waals surface area contributed by atoms with Crippen LogP contribution in [-0.2, 0) is 32.7 Å². The molecule has 540 valence electrons. The summed E-state index contributed by atoms with van der Waals surface area (Å²) in [4.78, 5) is 35.9. The first-order valence-electron chi connectivity index (χ1n) is 38.9. The van der Waals surface area contributed by atoms with Crippen molar-refractivity contribution in [3.63, 3.8) is 0 Å². The molecule has 0 saturated carbocycles. The third kappa shape index (κ3) is 77.2. The predicted molar refractivity (Wildman–Crippen MR) is 408 cm³/mol. The van der Waals surface area contributed by atoms with Crippen molar-refractivity contribution in [2.45, 2.75) is 341 Å². The van der Waals surface area contributed by atoms with Crippen molar-refractivity contribution < 1.29 is 42.1 Å². The number of phosphoric acid groups is 1. The van der Waals surface area contributed by atoms with Crippen LogP contribution in [0.25, 0.3) is 0 Å². The van der Waals surface area contributed by atoms with Gasteiger partial charge >= 0.3 is 19.8 Å². The fourth-order valence-electron chi connectivity index (χ4n) is 10.7. The Kier molecular flexibility index (Phi) is 70.4. The summed E-state index contributed by atoms with van der Waals surface area (Å²) in [6, 6.07) is 0. The van der Waals surface area contributed by atoms with Crippen LogP contribution in [-0.4, -0.2) is 74.9 Å². The molecule has 94 heavy (non-hydrogen) atoms. The van der Waals surface area contributed by atoms with Crippen LogP contribution in [0, 0.1) is 0 Å². The van der Waals surface area contributed by atoms with Gasteiger partial charge in [-0.25, -0.2) is 4.57 Å². The third-order valence-corrected chi connectivity index (χ3v) is 17.6. The quantitative estimate of drug-likeness (QED) is 0.0211. The highest BCUT2D eigenvalue weighted by Gasteiger charge is 2.27. The summed E-state index contributed by atoms with van der Waals surface area (Å²) in [5.74, 6) is -0.832. The van der Waals surface area contributed by atoms with E-state index in [9.17, 15) is 19.0 Å². The molecular weight excluding hydrogens is 1180 g/mol. The van der Waals surface area contributed by atoms with E-state index in [4.69, 9.17) is 18.5 Å². The predicted octanol–water partition coefficient (Wildman–Crippen LogP) is 25.9. The molecule has 9 nitrogen and oxygen atoms in total. The molecule has 0 aliphatic heterocycles. The molecule has 2 atom stereocenters. The molecule has 0 aromatic rings. The third-order valence-electron chi connectivity index (χ3n) is 16.7. The van der Waals surface area contributed by atoms with Crippen molar-refractivity contribution in [3.8, 4) is 0 Å². The van der Waals surface area contributed by atoms with Crippen LogP contribution in [0.15, 0.2) is 134 Å². The van der Waals surface area contributed by atoms with E-state index in [0.29, 0.717) is 17.4 Å². The van der Waals surface area contributed by atoms with Crippen LogP contribution in [0.1, 0.15) is 335 Å². The second kappa shape index (κ2) is 73.4. The first-order valence-corrected chi connectivity index (χ1v) is 40.4. The Morgan fingerprint density at radius 1 is 0.340 bits per heavy atom. The van der Waals surface area contributed by atoms with Gasteiger partial charge in [0.25, 0.3) is 0 Å². The molecule has 2 unspecified atom stereocenters. The topological polar surface area (TPSA) is 108 Å². The van der Waals surface area contributed by atoms with Gasteiger partial charge in [-0.3, -0.25) is 18.6 Å². The highest BCUT2D eigenvalue weighted by Crippen LogP contribution is 2.43. The van der Waals surface area contributed by atoms with Gasteiger partial charge in [0.2, 0.25) is 0 Å². The minimum absolute atomic E-state index is 0.0195. The molecule has 0 radical (unpaired) electrons. The average Bonchev–Trinajstić information content (AvgIpc) is 1.66. The first-order chi connectivity index (χ1) is 46.0. The van der Waals surface area contributed by atoms with Crippen molar-refractivity contribution in [3.05, 3.63) is 134 Å². The molecule has 0 aliphatic carbocycles. The van der Waals surface area contributed by atoms with Gasteiger partial charge in [-0.15, -0.1) is 0 Å². The van der Waals surface area contributed by atoms with Crippen LogP contribution >= 0.6 is 7.82 Å². The Morgan fingerprint density at radius 2 is 0.606 bits per heavy atom. The molecule has 0 bridgehead atoms. The number of nitrogens with zero attached hydrogens (tertiary/aromatic N) is 1. The maximum Gasteiger partial charge on any atom is 0.472 e. The SMILES string of the molecule is CC/C=C\C/C=C\C/C=C\C/C=C\C/C=C\C/C=C\C/C=C\C/C=C\C/C=C\CCCCCC(=O)OC(COC(=O)CCCCCCCCCCCCCCCCCCCCCCCCCCCCC/C=C\C/C=C\CCCCCCC)COP(=O)(O)OCC[N+](C)(C)C. The van der Waals surface area contributed by atoms with Crippen molar-refractivity contribution in [2.75, 3.05) is 47.5 Å². The van der Waals surface area contributed by atoms with Crippen molar-refractivity contribution >= 4 is 19.8 Å². The molecule has 10 heteroatoms. The number of allylic oxidation sites excluding steroid dienone is 22. The molecule has 0 amide bonds.